The first-order valence-electron chi connectivity index (χ1n) is 7.62. The summed E-state index contributed by atoms with van der Waals surface area (Å²) in [6.45, 7) is 7.23. The maximum absolute atomic E-state index is 12.8. The van der Waals surface area contributed by atoms with Gasteiger partial charge in [0.15, 0.2) is 0 Å². The summed E-state index contributed by atoms with van der Waals surface area (Å²) in [7, 11) is -3.44. The van der Waals surface area contributed by atoms with Crippen LogP contribution >= 0.6 is 0 Å². The number of sulfonamides is 1. The van der Waals surface area contributed by atoms with Crippen LogP contribution in [0.15, 0.2) is 23.1 Å². The third-order valence-corrected chi connectivity index (χ3v) is 6.13. The first-order chi connectivity index (χ1) is 9.80. The number of nitrogens with two attached hydrogens (primary N) is 1. The Balaban J connectivity index is 2.31. The summed E-state index contributed by atoms with van der Waals surface area (Å²) < 4.78 is 27.2. The van der Waals surface area contributed by atoms with Gasteiger partial charge >= 0.3 is 0 Å². The predicted octanol–water partition coefficient (Wildman–Crippen LogP) is 2.17. The molecule has 0 aliphatic heterocycles. The van der Waals surface area contributed by atoms with Gasteiger partial charge < -0.3 is 5.73 Å². The minimum atomic E-state index is -3.44. The van der Waals surface area contributed by atoms with Crippen molar-refractivity contribution in [2.75, 3.05) is 19.6 Å². The fourth-order valence-electron chi connectivity index (χ4n) is 2.77. The molecule has 1 aromatic rings. The van der Waals surface area contributed by atoms with Gasteiger partial charge in [-0.25, -0.2) is 8.42 Å². The Bertz CT molecular complexity index is 609. The summed E-state index contributed by atoms with van der Waals surface area (Å²) >= 11 is 0. The molecule has 0 fully saturated rings. The lowest BCUT2D eigenvalue weighted by atomic mass is 9.94. The van der Waals surface area contributed by atoms with Crippen molar-refractivity contribution < 1.29 is 8.42 Å². The Morgan fingerprint density at radius 1 is 1.24 bits per heavy atom. The highest BCUT2D eigenvalue weighted by molar-refractivity contribution is 7.89. The molecule has 4 nitrogen and oxygen atoms in total. The van der Waals surface area contributed by atoms with Crippen LogP contribution in [0.4, 0.5) is 0 Å². The molecule has 2 rings (SSSR count). The number of aryl methyl sites for hydroxylation is 2. The lowest BCUT2D eigenvalue weighted by Crippen LogP contribution is -2.41. The zero-order chi connectivity index (χ0) is 15.7. The van der Waals surface area contributed by atoms with Crippen LogP contribution < -0.4 is 5.73 Å². The van der Waals surface area contributed by atoms with Crippen molar-refractivity contribution in [2.24, 2.45) is 11.1 Å². The van der Waals surface area contributed by atoms with Crippen LogP contribution in [0, 0.1) is 5.41 Å². The fourth-order valence-corrected chi connectivity index (χ4v) is 4.46. The van der Waals surface area contributed by atoms with E-state index in [2.05, 4.69) is 0 Å². The molecular weight excluding hydrogens is 284 g/mol. The molecule has 0 amide bonds. The molecule has 0 radical (unpaired) electrons. The molecule has 0 unspecified atom stereocenters. The van der Waals surface area contributed by atoms with Gasteiger partial charge in [0.05, 0.1) is 4.90 Å². The van der Waals surface area contributed by atoms with Crippen LogP contribution in [0.1, 0.15) is 38.3 Å². The van der Waals surface area contributed by atoms with Crippen molar-refractivity contribution in [3.05, 3.63) is 29.3 Å². The first kappa shape index (κ1) is 16.5. The maximum Gasteiger partial charge on any atom is 0.243 e. The Hall–Kier alpha value is -0.910. The molecule has 118 valence electrons. The lowest BCUT2D eigenvalue weighted by molar-refractivity contribution is 0.273. The van der Waals surface area contributed by atoms with Gasteiger partial charge in [0.2, 0.25) is 10.0 Å². The second kappa shape index (κ2) is 6.07. The van der Waals surface area contributed by atoms with Crippen molar-refractivity contribution in [1.29, 1.82) is 0 Å². The monoisotopic (exact) mass is 310 g/mol. The van der Waals surface area contributed by atoms with Crippen molar-refractivity contribution in [1.82, 2.24) is 4.31 Å². The predicted molar refractivity (Wildman–Crippen MR) is 85.7 cm³/mol. The standard InChI is InChI=1S/C16H26N2O2S/c1-4-18(12-16(2,3)11-17)21(19,20)15-9-8-13-6-5-7-14(13)10-15/h8-10H,4-7,11-12,17H2,1-3H3. The lowest BCUT2D eigenvalue weighted by Gasteiger charge is -2.30. The van der Waals surface area contributed by atoms with Crippen molar-refractivity contribution >= 4 is 10.0 Å². The first-order valence-corrected chi connectivity index (χ1v) is 9.06. The van der Waals surface area contributed by atoms with Crippen LogP contribution in [-0.2, 0) is 22.9 Å². The van der Waals surface area contributed by atoms with E-state index in [1.165, 1.54) is 15.4 Å². The van der Waals surface area contributed by atoms with E-state index in [0.29, 0.717) is 24.5 Å². The second-order valence-electron chi connectivity index (χ2n) is 6.58. The Kier molecular flexibility index (Phi) is 4.76. The summed E-state index contributed by atoms with van der Waals surface area (Å²) in [5, 5.41) is 0. The number of nitrogens with zero attached hydrogens (tertiary/aromatic N) is 1. The normalized spacial score (nSPS) is 15.5. The molecule has 0 heterocycles. The molecule has 0 saturated carbocycles. The van der Waals surface area contributed by atoms with Crippen molar-refractivity contribution in [2.45, 2.75) is 44.9 Å². The van der Waals surface area contributed by atoms with E-state index in [4.69, 9.17) is 5.73 Å². The van der Waals surface area contributed by atoms with Crippen LogP contribution in [-0.4, -0.2) is 32.4 Å². The molecule has 21 heavy (non-hydrogen) atoms. The van der Waals surface area contributed by atoms with Gasteiger partial charge in [-0.15, -0.1) is 0 Å². The second-order valence-corrected chi connectivity index (χ2v) is 8.52. The molecule has 0 aromatic heterocycles. The van der Waals surface area contributed by atoms with Gasteiger partial charge in [-0.3, -0.25) is 0 Å². The van der Waals surface area contributed by atoms with Crippen LogP contribution in [0.3, 0.4) is 0 Å². The van der Waals surface area contributed by atoms with Crippen LogP contribution in [0.2, 0.25) is 0 Å². The number of hydrogen-bond acceptors (Lipinski definition) is 3. The summed E-state index contributed by atoms with van der Waals surface area (Å²) in [5.41, 5.74) is 8.00. The van der Waals surface area contributed by atoms with Gasteiger partial charge in [0.1, 0.15) is 0 Å². The van der Waals surface area contributed by atoms with Crippen molar-refractivity contribution in [3.8, 4) is 0 Å². The van der Waals surface area contributed by atoms with Gasteiger partial charge in [-0.2, -0.15) is 4.31 Å². The Morgan fingerprint density at radius 2 is 1.90 bits per heavy atom. The molecule has 0 atom stereocenters. The summed E-state index contributed by atoms with van der Waals surface area (Å²) in [4.78, 5) is 0.415. The molecule has 1 aliphatic rings. The van der Waals surface area contributed by atoms with Gasteiger partial charge in [-0.05, 0) is 54.5 Å². The van der Waals surface area contributed by atoms with Gasteiger partial charge in [0, 0.05) is 13.1 Å². The fraction of sp³-hybridized carbons (Fsp3) is 0.625. The molecule has 5 heteroatoms. The summed E-state index contributed by atoms with van der Waals surface area (Å²) in [5.74, 6) is 0. The quantitative estimate of drug-likeness (QED) is 0.876. The van der Waals surface area contributed by atoms with Crippen LogP contribution in [0.25, 0.3) is 0 Å². The topological polar surface area (TPSA) is 63.4 Å². The number of benzene rings is 1. The van der Waals surface area contributed by atoms with E-state index in [9.17, 15) is 8.42 Å². The van der Waals surface area contributed by atoms with E-state index in [0.717, 1.165) is 19.3 Å². The number of fused-ring (bicyclic) bond motifs is 1. The largest absolute Gasteiger partial charge is 0.330 e. The molecule has 1 aromatic carbocycles. The van der Waals surface area contributed by atoms with E-state index >= 15 is 0 Å². The third kappa shape index (κ3) is 3.47. The molecular formula is C16H26N2O2S. The van der Waals surface area contributed by atoms with Gasteiger partial charge in [-0.1, -0.05) is 26.8 Å². The van der Waals surface area contributed by atoms with E-state index in [1.54, 1.807) is 6.07 Å². The van der Waals surface area contributed by atoms with Gasteiger partial charge in [0.25, 0.3) is 0 Å². The molecule has 0 bridgehead atoms. The van der Waals surface area contributed by atoms with Crippen molar-refractivity contribution in [3.63, 3.8) is 0 Å². The Morgan fingerprint density at radius 3 is 2.52 bits per heavy atom. The number of rotatable bonds is 6. The number of hydrogen-bond donors (Lipinski definition) is 1. The average Bonchev–Trinajstić information content (AvgIpc) is 2.92. The molecule has 0 saturated heterocycles. The molecule has 1 aliphatic carbocycles. The Labute approximate surface area is 128 Å². The van der Waals surface area contributed by atoms with E-state index < -0.39 is 10.0 Å². The summed E-state index contributed by atoms with van der Waals surface area (Å²) in [6.07, 6.45) is 3.17. The van der Waals surface area contributed by atoms with Crippen LogP contribution in [0.5, 0.6) is 0 Å². The maximum atomic E-state index is 12.8. The SMILES string of the molecule is CCN(CC(C)(C)CN)S(=O)(=O)c1ccc2c(c1)CCC2. The highest BCUT2D eigenvalue weighted by Gasteiger charge is 2.29. The zero-order valence-corrected chi connectivity index (χ0v) is 14.0. The third-order valence-electron chi connectivity index (χ3n) is 4.22. The minimum Gasteiger partial charge on any atom is -0.330 e. The zero-order valence-electron chi connectivity index (χ0n) is 13.2. The minimum absolute atomic E-state index is 0.222. The van der Waals surface area contributed by atoms with E-state index in [-0.39, 0.29) is 5.41 Å². The smallest absolute Gasteiger partial charge is 0.243 e. The molecule has 0 spiro atoms. The molecule has 2 N–H and O–H groups in total. The highest BCUT2D eigenvalue weighted by atomic mass is 32.2. The highest BCUT2D eigenvalue weighted by Crippen LogP contribution is 2.27. The summed E-state index contributed by atoms with van der Waals surface area (Å²) in [6, 6.07) is 5.57. The van der Waals surface area contributed by atoms with E-state index in [1.807, 2.05) is 32.9 Å². The average molecular weight is 310 g/mol.